The van der Waals surface area contributed by atoms with E-state index in [1.807, 2.05) is 43.8 Å². The van der Waals surface area contributed by atoms with Gasteiger partial charge in [-0.3, -0.25) is 4.79 Å². The Bertz CT molecular complexity index is 421. The van der Waals surface area contributed by atoms with Crippen LogP contribution in [0.3, 0.4) is 0 Å². The Kier molecular flexibility index (Phi) is 6.78. The van der Waals surface area contributed by atoms with Crippen molar-refractivity contribution in [3.63, 3.8) is 0 Å². The first kappa shape index (κ1) is 15.9. The number of aryl methyl sites for hydroxylation is 1. The second-order valence-corrected chi connectivity index (χ2v) is 5.91. The van der Waals surface area contributed by atoms with Gasteiger partial charge in [-0.1, -0.05) is 6.92 Å². The lowest BCUT2D eigenvalue weighted by Gasteiger charge is -2.15. The molecule has 106 valence electrons. The maximum atomic E-state index is 12.2. The van der Waals surface area contributed by atoms with E-state index in [9.17, 15) is 4.79 Å². The van der Waals surface area contributed by atoms with Gasteiger partial charge in [-0.25, -0.2) is 0 Å². The van der Waals surface area contributed by atoms with Crippen LogP contribution >= 0.6 is 11.8 Å². The first-order chi connectivity index (χ1) is 9.08. The van der Waals surface area contributed by atoms with E-state index in [0.29, 0.717) is 0 Å². The molecule has 0 saturated carbocycles. The minimum Gasteiger partial charge on any atom is -0.385 e. The monoisotopic (exact) mass is 280 g/mol. The van der Waals surface area contributed by atoms with Crippen LogP contribution in [-0.4, -0.2) is 30.0 Å². The van der Waals surface area contributed by atoms with Crippen molar-refractivity contribution in [1.29, 1.82) is 0 Å². The summed E-state index contributed by atoms with van der Waals surface area (Å²) in [5, 5.41) is 6.29. The molecule has 0 bridgehead atoms. The molecule has 1 atom stereocenters. The van der Waals surface area contributed by atoms with E-state index in [1.54, 1.807) is 0 Å². The van der Waals surface area contributed by atoms with Gasteiger partial charge in [-0.05, 0) is 50.3 Å². The molecule has 0 aliphatic heterocycles. The van der Waals surface area contributed by atoms with Gasteiger partial charge < -0.3 is 10.6 Å². The fraction of sp³-hybridized carbons (Fsp3) is 0.533. The van der Waals surface area contributed by atoms with Crippen molar-refractivity contribution < 1.29 is 4.79 Å². The van der Waals surface area contributed by atoms with Gasteiger partial charge in [0.1, 0.15) is 0 Å². The molecular formula is C15H24N2OS. The largest absolute Gasteiger partial charge is 0.385 e. The third kappa shape index (κ3) is 5.15. The maximum Gasteiger partial charge on any atom is 0.251 e. The molecule has 0 spiro atoms. The molecule has 0 heterocycles. The molecule has 19 heavy (non-hydrogen) atoms. The van der Waals surface area contributed by atoms with Crippen LogP contribution < -0.4 is 10.6 Å². The molecule has 0 aromatic heterocycles. The number of carbonyl (C=O) groups is 1. The summed E-state index contributed by atoms with van der Waals surface area (Å²) in [5.74, 6) is 2.05. The number of anilines is 1. The fourth-order valence-electron chi connectivity index (χ4n) is 1.87. The lowest BCUT2D eigenvalue weighted by molar-refractivity contribution is 0.0943. The highest BCUT2D eigenvalue weighted by atomic mass is 32.2. The molecule has 0 fully saturated rings. The number of thioether (sulfide) groups is 1. The first-order valence-corrected chi connectivity index (χ1v) is 7.97. The van der Waals surface area contributed by atoms with Crippen molar-refractivity contribution >= 4 is 23.4 Å². The molecule has 1 amide bonds. The number of carbonyl (C=O) groups excluding carboxylic acids is 1. The first-order valence-electron chi connectivity index (χ1n) is 6.81. The second kappa shape index (κ2) is 8.10. The van der Waals surface area contributed by atoms with Crippen LogP contribution in [-0.2, 0) is 0 Å². The number of hydrogen-bond donors (Lipinski definition) is 2. The van der Waals surface area contributed by atoms with Crippen molar-refractivity contribution in [1.82, 2.24) is 5.32 Å². The zero-order valence-electron chi connectivity index (χ0n) is 12.2. The minimum absolute atomic E-state index is 0.0183. The van der Waals surface area contributed by atoms with E-state index in [-0.39, 0.29) is 11.9 Å². The molecule has 1 aromatic rings. The molecule has 3 nitrogen and oxygen atoms in total. The van der Waals surface area contributed by atoms with Crippen LogP contribution in [0.1, 0.15) is 36.7 Å². The highest BCUT2D eigenvalue weighted by Crippen LogP contribution is 2.15. The lowest BCUT2D eigenvalue weighted by atomic mass is 10.1. The topological polar surface area (TPSA) is 41.1 Å². The summed E-state index contributed by atoms with van der Waals surface area (Å²) in [6.45, 7) is 9.09. The molecule has 1 unspecified atom stereocenters. The van der Waals surface area contributed by atoms with Crippen LogP contribution in [0.2, 0.25) is 0 Å². The van der Waals surface area contributed by atoms with E-state index < -0.39 is 0 Å². The molecule has 0 aliphatic carbocycles. The smallest absolute Gasteiger partial charge is 0.251 e. The SMILES string of the molecule is CCNc1ccc(C(=O)NC(C)CSCC)c(C)c1. The van der Waals surface area contributed by atoms with Gasteiger partial charge >= 0.3 is 0 Å². The number of benzene rings is 1. The molecule has 0 saturated heterocycles. The number of rotatable bonds is 7. The van der Waals surface area contributed by atoms with Crippen molar-refractivity contribution in [2.75, 3.05) is 23.4 Å². The third-order valence-electron chi connectivity index (χ3n) is 2.80. The highest BCUT2D eigenvalue weighted by Gasteiger charge is 2.12. The number of amides is 1. The van der Waals surface area contributed by atoms with Crippen molar-refractivity contribution in [2.45, 2.75) is 33.7 Å². The van der Waals surface area contributed by atoms with E-state index in [2.05, 4.69) is 24.5 Å². The Hall–Kier alpha value is -1.16. The minimum atomic E-state index is 0.0183. The Morgan fingerprint density at radius 1 is 1.37 bits per heavy atom. The summed E-state index contributed by atoms with van der Waals surface area (Å²) in [4.78, 5) is 12.2. The van der Waals surface area contributed by atoms with E-state index in [1.165, 1.54) is 0 Å². The predicted molar refractivity (Wildman–Crippen MR) is 85.3 cm³/mol. The van der Waals surface area contributed by atoms with Crippen molar-refractivity contribution in [3.8, 4) is 0 Å². The summed E-state index contributed by atoms with van der Waals surface area (Å²) in [7, 11) is 0. The molecule has 2 N–H and O–H groups in total. The van der Waals surface area contributed by atoms with Gasteiger partial charge in [0.05, 0.1) is 0 Å². The zero-order chi connectivity index (χ0) is 14.3. The van der Waals surface area contributed by atoms with Gasteiger partial charge in [0.15, 0.2) is 0 Å². The van der Waals surface area contributed by atoms with Crippen LogP contribution in [0.4, 0.5) is 5.69 Å². The summed E-state index contributed by atoms with van der Waals surface area (Å²) in [6.07, 6.45) is 0. The standard InChI is InChI=1S/C15H24N2OS/c1-5-16-13-7-8-14(11(3)9-13)15(18)17-12(4)10-19-6-2/h7-9,12,16H,5-6,10H2,1-4H3,(H,17,18). The normalized spacial score (nSPS) is 12.0. The Labute approximate surface area is 120 Å². The summed E-state index contributed by atoms with van der Waals surface area (Å²) in [6, 6.07) is 6.06. The van der Waals surface area contributed by atoms with Gasteiger partial charge in [0.25, 0.3) is 5.91 Å². The van der Waals surface area contributed by atoms with Crippen LogP contribution in [0.25, 0.3) is 0 Å². The lowest BCUT2D eigenvalue weighted by Crippen LogP contribution is -2.34. The average molecular weight is 280 g/mol. The maximum absolute atomic E-state index is 12.2. The molecular weight excluding hydrogens is 256 g/mol. The van der Waals surface area contributed by atoms with E-state index in [0.717, 1.165) is 34.9 Å². The molecule has 0 aliphatic rings. The van der Waals surface area contributed by atoms with Gasteiger partial charge in [-0.2, -0.15) is 11.8 Å². The predicted octanol–water partition coefficient (Wildman–Crippen LogP) is 3.30. The van der Waals surface area contributed by atoms with Gasteiger partial charge in [0.2, 0.25) is 0 Å². The van der Waals surface area contributed by atoms with Gasteiger partial charge in [0, 0.05) is 29.6 Å². The summed E-state index contributed by atoms with van der Waals surface area (Å²) < 4.78 is 0. The number of hydrogen-bond acceptors (Lipinski definition) is 3. The summed E-state index contributed by atoms with van der Waals surface area (Å²) >= 11 is 1.84. The highest BCUT2D eigenvalue weighted by molar-refractivity contribution is 7.99. The molecule has 1 aromatic carbocycles. The van der Waals surface area contributed by atoms with Crippen LogP contribution in [0, 0.1) is 6.92 Å². The fourth-order valence-corrected chi connectivity index (χ4v) is 2.54. The number of nitrogens with one attached hydrogen (secondary N) is 2. The average Bonchev–Trinajstić information content (AvgIpc) is 2.36. The van der Waals surface area contributed by atoms with E-state index in [4.69, 9.17) is 0 Å². The Morgan fingerprint density at radius 2 is 2.11 bits per heavy atom. The zero-order valence-corrected chi connectivity index (χ0v) is 13.1. The quantitative estimate of drug-likeness (QED) is 0.805. The van der Waals surface area contributed by atoms with Crippen molar-refractivity contribution in [3.05, 3.63) is 29.3 Å². The van der Waals surface area contributed by atoms with Crippen LogP contribution in [0.5, 0.6) is 0 Å². The second-order valence-electron chi connectivity index (χ2n) is 4.59. The molecule has 4 heteroatoms. The van der Waals surface area contributed by atoms with E-state index >= 15 is 0 Å². The van der Waals surface area contributed by atoms with Crippen molar-refractivity contribution in [2.24, 2.45) is 0 Å². The van der Waals surface area contributed by atoms with Gasteiger partial charge in [-0.15, -0.1) is 0 Å². The Morgan fingerprint density at radius 3 is 2.68 bits per heavy atom. The summed E-state index contributed by atoms with van der Waals surface area (Å²) in [5.41, 5.74) is 2.83. The third-order valence-corrected chi connectivity index (χ3v) is 3.95. The van der Waals surface area contributed by atoms with Crippen LogP contribution in [0.15, 0.2) is 18.2 Å². The molecule has 0 radical (unpaired) electrons. The molecule has 1 rings (SSSR count). The Balaban J connectivity index is 2.66.